The molecule has 0 aromatic heterocycles. The molecule has 1 aliphatic rings. The van der Waals surface area contributed by atoms with Crippen molar-refractivity contribution < 1.29 is 30.4 Å². The predicted molar refractivity (Wildman–Crippen MR) is 57.8 cm³/mol. The normalized spacial score (nSPS) is 19.6. The molecule has 0 radical (unpaired) electrons. The maximum atomic E-state index is 13.4. The van der Waals surface area contributed by atoms with Gasteiger partial charge in [-0.15, -0.1) is 0 Å². The molecule has 1 heterocycles. The first kappa shape index (κ1) is 15.1. The number of nitrogens with one attached hydrogen (secondary N) is 2. The Morgan fingerprint density at radius 2 is 1.45 bits per heavy atom. The zero-order valence-corrected chi connectivity index (χ0v) is 10.6. The van der Waals surface area contributed by atoms with E-state index in [9.17, 15) is 30.4 Å². The molecule has 1 saturated heterocycles. The van der Waals surface area contributed by atoms with Gasteiger partial charge >= 0.3 is 0 Å². The highest BCUT2D eigenvalue weighted by atomic mass is 32.2. The van der Waals surface area contributed by atoms with Crippen molar-refractivity contribution in [3.8, 4) is 0 Å². The van der Waals surface area contributed by atoms with Gasteiger partial charge in [0.1, 0.15) is 0 Å². The maximum Gasteiger partial charge on any atom is 0.246 e. The number of halogens is 5. The lowest BCUT2D eigenvalue weighted by Crippen LogP contribution is -2.37. The van der Waals surface area contributed by atoms with Crippen molar-refractivity contribution in [1.29, 1.82) is 0 Å². The Balaban J connectivity index is 2.51. The van der Waals surface area contributed by atoms with E-state index in [4.69, 9.17) is 0 Å². The van der Waals surface area contributed by atoms with Crippen LogP contribution >= 0.6 is 0 Å². The fourth-order valence-corrected chi connectivity index (χ4v) is 3.26. The second-order valence-corrected chi connectivity index (χ2v) is 5.86. The van der Waals surface area contributed by atoms with E-state index in [1.165, 1.54) is 0 Å². The van der Waals surface area contributed by atoms with Crippen molar-refractivity contribution in [1.82, 2.24) is 10.0 Å². The highest BCUT2D eigenvalue weighted by Gasteiger charge is 2.35. The summed E-state index contributed by atoms with van der Waals surface area (Å²) < 4.78 is 91.1. The molecule has 2 rings (SSSR count). The summed E-state index contributed by atoms with van der Waals surface area (Å²) in [4.78, 5) is -1.86. The molecule has 2 N–H and O–H groups in total. The van der Waals surface area contributed by atoms with Crippen molar-refractivity contribution >= 4 is 10.0 Å². The van der Waals surface area contributed by atoms with Crippen molar-refractivity contribution in [2.75, 3.05) is 13.1 Å². The maximum absolute atomic E-state index is 13.4. The first-order chi connectivity index (χ1) is 9.25. The van der Waals surface area contributed by atoms with Gasteiger partial charge < -0.3 is 5.32 Å². The molecule has 10 heteroatoms. The van der Waals surface area contributed by atoms with Crippen LogP contribution in [0.3, 0.4) is 0 Å². The Morgan fingerprint density at radius 1 is 0.950 bits per heavy atom. The van der Waals surface area contributed by atoms with Crippen molar-refractivity contribution in [2.45, 2.75) is 17.4 Å². The molecular formula is C10H9F5N2O2S. The van der Waals surface area contributed by atoms with Gasteiger partial charge in [0, 0.05) is 12.6 Å². The van der Waals surface area contributed by atoms with E-state index >= 15 is 0 Å². The number of hydrogen-bond donors (Lipinski definition) is 2. The summed E-state index contributed by atoms with van der Waals surface area (Å²) in [5.41, 5.74) is 0. The summed E-state index contributed by atoms with van der Waals surface area (Å²) in [6.45, 7) is 0.679. The lowest BCUT2D eigenvalue weighted by molar-refractivity contribution is 0.357. The summed E-state index contributed by atoms with van der Waals surface area (Å²) in [5.74, 6) is -11.7. The average Bonchev–Trinajstić information content (AvgIpc) is 2.86. The third-order valence-corrected chi connectivity index (χ3v) is 4.36. The number of hydrogen-bond acceptors (Lipinski definition) is 3. The lowest BCUT2D eigenvalue weighted by atomic mass is 10.3. The molecule has 1 atom stereocenters. The summed E-state index contributed by atoms with van der Waals surface area (Å²) >= 11 is 0. The number of benzene rings is 1. The highest BCUT2D eigenvalue weighted by Crippen LogP contribution is 2.26. The van der Waals surface area contributed by atoms with E-state index < -0.39 is 50.0 Å². The zero-order chi connectivity index (χ0) is 15.1. The van der Waals surface area contributed by atoms with E-state index in [1.54, 1.807) is 0 Å². The number of sulfonamides is 1. The van der Waals surface area contributed by atoms with Crippen LogP contribution in [0.4, 0.5) is 22.0 Å². The third kappa shape index (κ3) is 2.50. The zero-order valence-electron chi connectivity index (χ0n) is 9.81. The van der Waals surface area contributed by atoms with Crippen LogP contribution in [-0.2, 0) is 10.0 Å². The van der Waals surface area contributed by atoms with Gasteiger partial charge in [-0.2, -0.15) is 0 Å². The summed E-state index contributed by atoms with van der Waals surface area (Å²) in [6.07, 6.45) is 0.342. The Morgan fingerprint density at radius 3 is 1.90 bits per heavy atom. The van der Waals surface area contributed by atoms with Crippen molar-refractivity contribution in [3.63, 3.8) is 0 Å². The molecule has 0 saturated carbocycles. The van der Waals surface area contributed by atoms with Gasteiger partial charge in [-0.25, -0.2) is 35.1 Å². The van der Waals surface area contributed by atoms with E-state index in [1.807, 2.05) is 4.72 Å². The fraction of sp³-hybridized carbons (Fsp3) is 0.400. The van der Waals surface area contributed by atoms with Crippen molar-refractivity contribution in [2.24, 2.45) is 0 Å². The SMILES string of the molecule is O=S(=O)(N[C@H]1CCNC1)c1c(F)c(F)c(F)c(F)c1F. The number of rotatable bonds is 3. The van der Waals surface area contributed by atoms with E-state index in [-0.39, 0.29) is 6.54 Å². The Bertz CT molecular complexity index is 615. The van der Waals surface area contributed by atoms with Crippen LogP contribution in [0.15, 0.2) is 4.90 Å². The lowest BCUT2D eigenvalue weighted by Gasteiger charge is -2.14. The molecule has 1 aromatic carbocycles. The van der Waals surface area contributed by atoms with E-state index in [2.05, 4.69) is 5.32 Å². The smallest absolute Gasteiger partial charge is 0.246 e. The first-order valence-electron chi connectivity index (χ1n) is 5.50. The Hall–Kier alpha value is -1.26. The van der Waals surface area contributed by atoms with Gasteiger partial charge in [-0.3, -0.25) is 0 Å². The largest absolute Gasteiger partial charge is 0.315 e. The summed E-state index contributed by atoms with van der Waals surface area (Å²) in [7, 11) is -4.85. The second kappa shape index (κ2) is 5.26. The minimum atomic E-state index is -4.85. The molecular weight excluding hydrogens is 307 g/mol. The van der Waals surface area contributed by atoms with Crippen LogP contribution in [-0.4, -0.2) is 27.5 Å². The summed E-state index contributed by atoms with van der Waals surface area (Å²) in [6, 6.07) is -0.671. The van der Waals surface area contributed by atoms with E-state index in [0.29, 0.717) is 13.0 Å². The Kier molecular flexibility index (Phi) is 3.98. The molecule has 4 nitrogen and oxygen atoms in total. The molecule has 1 fully saturated rings. The van der Waals surface area contributed by atoms with Gasteiger partial charge in [-0.05, 0) is 13.0 Å². The molecule has 0 spiro atoms. The minimum Gasteiger partial charge on any atom is -0.315 e. The minimum absolute atomic E-state index is 0.203. The second-order valence-electron chi connectivity index (χ2n) is 4.21. The monoisotopic (exact) mass is 316 g/mol. The first-order valence-corrected chi connectivity index (χ1v) is 6.98. The predicted octanol–water partition coefficient (Wildman–Crippen LogP) is 1.02. The van der Waals surface area contributed by atoms with Crippen LogP contribution in [0.25, 0.3) is 0 Å². The standard InChI is InChI=1S/C10H9F5N2O2S/c11-5-6(12)8(14)10(9(15)7(5)13)20(18,19)17-4-1-2-16-3-4/h4,16-17H,1-3H2/t4-/m0/s1. The average molecular weight is 316 g/mol. The summed E-state index contributed by atoms with van der Waals surface area (Å²) in [5, 5.41) is 2.78. The molecule has 20 heavy (non-hydrogen) atoms. The highest BCUT2D eigenvalue weighted by molar-refractivity contribution is 7.89. The molecule has 1 aliphatic heterocycles. The van der Waals surface area contributed by atoms with Crippen LogP contribution in [0.2, 0.25) is 0 Å². The van der Waals surface area contributed by atoms with Gasteiger partial charge in [-0.1, -0.05) is 0 Å². The quantitative estimate of drug-likeness (QED) is 0.497. The fourth-order valence-electron chi connectivity index (χ4n) is 1.85. The van der Waals surface area contributed by atoms with Crippen LogP contribution in [0.1, 0.15) is 6.42 Å². The topological polar surface area (TPSA) is 58.2 Å². The van der Waals surface area contributed by atoms with Gasteiger partial charge in [0.05, 0.1) is 0 Å². The molecule has 0 aliphatic carbocycles. The van der Waals surface area contributed by atoms with E-state index in [0.717, 1.165) is 0 Å². The molecule has 0 bridgehead atoms. The third-order valence-electron chi connectivity index (χ3n) is 2.82. The van der Waals surface area contributed by atoms with Crippen LogP contribution < -0.4 is 10.0 Å². The molecule has 0 amide bonds. The van der Waals surface area contributed by atoms with Gasteiger partial charge in [0.2, 0.25) is 15.8 Å². The molecule has 112 valence electrons. The van der Waals surface area contributed by atoms with Crippen molar-refractivity contribution in [3.05, 3.63) is 29.1 Å². The van der Waals surface area contributed by atoms with Crippen LogP contribution in [0.5, 0.6) is 0 Å². The van der Waals surface area contributed by atoms with Crippen LogP contribution in [0, 0.1) is 29.1 Å². The molecule has 0 unspecified atom stereocenters. The van der Waals surface area contributed by atoms with Gasteiger partial charge in [0.25, 0.3) is 0 Å². The Labute approximate surface area is 111 Å². The molecule has 1 aromatic rings. The van der Waals surface area contributed by atoms with Gasteiger partial charge in [0.15, 0.2) is 28.2 Å².